The van der Waals surface area contributed by atoms with Gasteiger partial charge in [0.25, 0.3) is 5.56 Å². The number of hydrogen-bond acceptors (Lipinski definition) is 3. The molecule has 0 spiro atoms. The molecule has 1 aliphatic rings. The van der Waals surface area contributed by atoms with Gasteiger partial charge in [-0.3, -0.25) is 9.36 Å². The van der Waals surface area contributed by atoms with Crippen LogP contribution >= 0.6 is 23.4 Å². The molecular weight excluding hydrogens is 328 g/mol. The molecule has 23 heavy (non-hydrogen) atoms. The van der Waals surface area contributed by atoms with Gasteiger partial charge in [0.05, 0.1) is 10.9 Å². The van der Waals surface area contributed by atoms with Gasteiger partial charge < -0.3 is 0 Å². The lowest BCUT2D eigenvalue weighted by atomic mass is 10.2. The van der Waals surface area contributed by atoms with Gasteiger partial charge in [0, 0.05) is 16.8 Å². The zero-order chi connectivity index (χ0) is 15.8. The van der Waals surface area contributed by atoms with Crippen LogP contribution in [0.1, 0.15) is 24.4 Å². The van der Waals surface area contributed by atoms with Crippen LogP contribution in [-0.2, 0) is 5.75 Å². The number of hydrogen-bond donors (Lipinski definition) is 0. The number of benzene rings is 2. The molecule has 3 aromatic rings. The summed E-state index contributed by atoms with van der Waals surface area (Å²) in [5, 5.41) is 2.23. The maximum Gasteiger partial charge on any atom is 0.262 e. The molecule has 1 fully saturated rings. The van der Waals surface area contributed by atoms with E-state index in [9.17, 15) is 4.79 Å². The highest BCUT2D eigenvalue weighted by Gasteiger charge is 2.28. The summed E-state index contributed by atoms with van der Waals surface area (Å²) in [6.45, 7) is 0. The smallest absolute Gasteiger partial charge is 0.262 e. The summed E-state index contributed by atoms with van der Waals surface area (Å²) < 4.78 is 1.87. The highest BCUT2D eigenvalue weighted by Crippen LogP contribution is 2.37. The molecule has 0 radical (unpaired) electrons. The number of thioether (sulfide) groups is 1. The van der Waals surface area contributed by atoms with E-state index in [2.05, 4.69) is 0 Å². The number of halogens is 1. The Balaban J connectivity index is 1.73. The Kier molecular flexibility index (Phi) is 3.87. The SMILES string of the molecule is O=c1c2ccccc2nc(SCc2cccc(Cl)c2)n1C1CC1. The molecule has 5 heteroatoms. The van der Waals surface area contributed by atoms with Crippen molar-refractivity contribution in [2.45, 2.75) is 29.8 Å². The summed E-state index contributed by atoms with van der Waals surface area (Å²) >= 11 is 7.64. The average molecular weight is 343 g/mol. The van der Waals surface area contributed by atoms with Crippen molar-refractivity contribution < 1.29 is 0 Å². The first-order chi connectivity index (χ1) is 11.2. The Hall–Kier alpha value is -1.78. The molecule has 4 rings (SSSR count). The highest BCUT2D eigenvalue weighted by molar-refractivity contribution is 7.98. The van der Waals surface area contributed by atoms with Gasteiger partial charge in [0.15, 0.2) is 5.16 Å². The van der Waals surface area contributed by atoms with Crippen molar-refractivity contribution >= 4 is 34.3 Å². The maximum absolute atomic E-state index is 12.8. The Morgan fingerprint density at radius 1 is 1.17 bits per heavy atom. The summed E-state index contributed by atoms with van der Waals surface area (Å²) in [6.07, 6.45) is 2.12. The van der Waals surface area contributed by atoms with E-state index < -0.39 is 0 Å². The lowest BCUT2D eigenvalue weighted by molar-refractivity contribution is 0.618. The van der Waals surface area contributed by atoms with E-state index in [1.54, 1.807) is 11.8 Å². The number of aromatic nitrogens is 2. The van der Waals surface area contributed by atoms with Crippen molar-refractivity contribution in [2.24, 2.45) is 0 Å². The van der Waals surface area contributed by atoms with Gasteiger partial charge in [-0.2, -0.15) is 0 Å². The van der Waals surface area contributed by atoms with Crippen LogP contribution in [0.4, 0.5) is 0 Å². The molecule has 0 N–H and O–H groups in total. The minimum atomic E-state index is 0.0756. The summed E-state index contributed by atoms with van der Waals surface area (Å²) in [6, 6.07) is 15.7. The first-order valence-corrected chi connectivity index (χ1v) is 8.97. The van der Waals surface area contributed by atoms with Crippen LogP contribution in [0.5, 0.6) is 0 Å². The van der Waals surface area contributed by atoms with Crippen molar-refractivity contribution in [3.05, 3.63) is 69.5 Å². The maximum atomic E-state index is 12.8. The number of para-hydroxylation sites is 1. The molecular formula is C18H15ClN2OS. The molecule has 0 unspecified atom stereocenters. The molecule has 3 nitrogen and oxygen atoms in total. The van der Waals surface area contributed by atoms with Crippen molar-refractivity contribution in [2.75, 3.05) is 0 Å². The Morgan fingerprint density at radius 2 is 2.00 bits per heavy atom. The first kappa shape index (κ1) is 14.8. The van der Waals surface area contributed by atoms with Crippen LogP contribution in [0.3, 0.4) is 0 Å². The van der Waals surface area contributed by atoms with Crippen molar-refractivity contribution in [1.82, 2.24) is 9.55 Å². The Bertz CT molecular complexity index is 934. The Morgan fingerprint density at radius 3 is 2.78 bits per heavy atom. The van der Waals surface area contributed by atoms with Crippen LogP contribution in [0.15, 0.2) is 58.5 Å². The fraction of sp³-hybridized carbons (Fsp3) is 0.222. The molecule has 0 bridgehead atoms. The van der Waals surface area contributed by atoms with Crippen molar-refractivity contribution in [1.29, 1.82) is 0 Å². The second-order valence-electron chi connectivity index (χ2n) is 5.74. The average Bonchev–Trinajstić information content (AvgIpc) is 3.38. The molecule has 0 amide bonds. The molecule has 2 aromatic carbocycles. The molecule has 0 saturated heterocycles. The van der Waals surface area contributed by atoms with E-state index in [0.717, 1.165) is 39.9 Å². The zero-order valence-electron chi connectivity index (χ0n) is 12.4. The zero-order valence-corrected chi connectivity index (χ0v) is 14.0. The topological polar surface area (TPSA) is 34.9 Å². The molecule has 0 aliphatic heterocycles. The minimum Gasteiger partial charge on any atom is -0.284 e. The fourth-order valence-electron chi connectivity index (χ4n) is 2.66. The van der Waals surface area contributed by atoms with Gasteiger partial charge in [-0.25, -0.2) is 4.98 Å². The molecule has 116 valence electrons. The minimum absolute atomic E-state index is 0.0756. The molecule has 1 aromatic heterocycles. The van der Waals surface area contributed by atoms with Gasteiger partial charge in [-0.1, -0.05) is 47.6 Å². The predicted molar refractivity (Wildman–Crippen MR) is 95.3 cm³/mol. The summed E-state index contributed by atoms with van der Waals surface area (Å²) in [5.74, 6) is 0.748. The quantitative estimate of drug-likeness (QED) is 0.510. The van der Waals surface area contributed by atoms with Crippen molar-refractivity contribution in [3.8, 4) is 0 Å². The normalized spacial score (nSPS) is 14.3. The van der Waals surface area contributed by atoms with Crippen LogP contribution < -0.4 is 5.56 Å². The van der Waals surface area contributed by atoms with Gasteiger partial charge in [0.1, 0.15) is 0 Å². The van der Waals surface area contributed by atoms with Crippen molar-refractivity contribution in [3.63, 3.8) is 0 Å². The van der Waals surface area contributed by atoms with Crippen LogP contribution in [0.2, 0.25) is 5.02 Å². The second-order valence-corrected chi connectivity index (χ2v) is 7.12. The second kappa shape index (κ2) is 6.02. The highest BCUT2D eigenvalue weighted by atomic mass is 35.5. The molecule has 0 atom stereocenters. The van der Waals surface area contributed by atoms with Gasteiger partial charge in [-0.05, 0) is 42.7 Å². The van der Waals surface area contributed by atoms with E-state index in [1.165, 1.54) is 0 Å². The summed E-state index contributed by atoms with van der Waals surface area (Å²) in [4.78, 5) is 17.5. The molecule has 1 heterocycles. The lowest BCUT2D eigenvalue weighted by Crippen LogP contribution is -2.22. The van der Waals surface area contributed by atoms with Crippen LogP contribution in [0, 0.1) is 0 Å². The van der Waals surface area contributed by atoms with Crippen LogP contribution in [-0.4, -0.2) is 9.55 Å². The van der Waals surface area contributed by atoms with E-state index in [1.807, 2.05) is 53.1 Å². The van der Waals surface area contributed by atoms with E-state index in [-0.39, 0.29) is 5.56 Å². The summed E-state index contributed by atoms with van der Waals surface area (Å²) in [5.41, 5.74) is 1.97. The third kappa shape index (κ3) is 3.01. The van der Waals surface area contributed by atoms with E-state index in [4.69, 9.17) is 16.6 Å². The van der Waals surface area contributed by atoms with Gasteiger partial charge >= 0.3 is 0 Å². The lowest BCUT2D eigenvalue weighted by Gasteiger charge is -2.12. The third-order valence-corrected chi connectivity index (χ3v) is 5.20. The number of rotatable bonds is 4. The third-order valence-electron chi connectivity index (χ3n) is 3.94. The van der Waals surface area contributed by atoms with E-state index >= 15 is 0 Å². The molecule has 1 saturated carbocycles. The predicted octanol–water partition coefficient (Wildman–Crippen LogP) is 4.68. The monoisotopic (exact) mass is 342 g/mol. The Labute approximate surface area is 143 Å². The standard InChI is InChI=1S/C18H15ClN2OS/c19-13-5-3-4-12(10-13)11-23-18-20-16-7-2-1-6-15(16)17(22)21(18)14-8-9-14/h1-7,10,14H,8-9,11H2. The van der Waals surface area contributed by atoms with Gasteiger partial charge in [0.2, 0.25) is 0 Å². The van der Waals surface area contributed by atoms with Gasteiger partial charge in [-0.15, -0.1) is 0 Å². The number of nitrogens with zero attached hydrogens (tertiary/aromatic N) is 2. The number of fused-ring (bicyclic) bond motifs is 1. The largest absolute Gasteiger partial charge is 0.284 e. The fourth-order valence-corrected chi connectivity index (χ4v) is 3.88. The van der Waals surface area contributed by atoms with Crippen LogP contribution in [0.25, 0.3) is 10.9 Å². The first-order valence-electron chi connectivity index (χ1n) is 7.61. The van der Waals surface area contributed by atoms with E-state index in [0.29, 0.717) is 11.4 Å². The summed E-state index contributed by atoms with van der Waals surface area (Å²) in [7, 11) is 0. The molecule has 1 aliphatic carbocycles.